The number of nitro groups is 1. The lowest BCUT2D eigenvalue weighted by Gasteiger charge is -2.29. The molecule has 2 heterocycles. The van der Waals surface area contributed by atoms with Gasteiger partial charge < -0.3 is 19.1 Å². The van der Waals surface area contributed by atoms with Crippen LogP contribution in [0.3, 0.4) is 0 Å². The van der Waals surface area contributed by atoms with Crippen molar-refractivity contribution in [1.82, 2.24) is 9.78 Å². The molecule has 38 heavy (non-hydrogen) atoms. The van der Waals surface area contributed by atoms with E-state index in [1.807, 2.05) is 38.1 Å². The van der Waals surface area contributed by atoms with Crippen LogP contribution in [0.4, 0.5) is 11.4 Å². The van der Waals surface area contributed by atoms with E-state index in [2.05, 4.69) is 4.90 Å². The third-order valence-electron chi connectivity index (χ3n) is 6.34. The molecule has 196 valence electrons. The van der Waals surface area contributed by atoms with E-state index in [1.54, 1.807) is 30.3 Å². The summed E-state index contributed by atoms with van der Waals surface area (Å²) in [6, 6.07) is 17.3. The second kappa shape index (κ2) is 10.9. The minimum atomic E-state index is -0.496. The van der Waals surface area contributed by atoms with Crippen molar-refractivity contribution in [3.8, 4) is 28.4 Å². The van der Waals surface area contributed by atoms with E-state index in [1.165, 1.54) is 6.07 Å². The number of nitrogens with zero attached hydrogens (tertiary/aromatic N) is 4. The number of ether oxygens (including phenoxy) is 3. The third kappa shape index (κ3) is 4.90. The van der Waals surface area contributed by atoms with Gasteiger partial charge in [-0.15, -0.1) is 0 Å². The Balaban J connectivity index is 1.77. The summed E-state index contributed by atoms with van der Waals surface area (Å²) in [5, 5.41) is 17.8. The summed E-state index contributed by atoms with van der Waals surface area (Å²) in [5.41, 5.74) is 1.34. The standard InChI is InChI=1S/C28H28N4O6/c1-3-37-21-15-19(16-22(18-21)38-4-2)27-23-7-5-6-8-24(23)28(33)31(29-27)26-17-20(9-10-25(26)32(34)35)30-11-13-36-14-12-30/h5-10,15-18H,3-4,11-14H2,1-2H3. The van der Waals surface area contributed by atoms with Crippen molar-refractivity contribution in [2.45, 2.75) is 13.8 Å². The number of nitro benzene ring substituents is 1. The molecule has 10 heteroatoms. The first-order valence-corrected chi connectivity index (χ1v) is 12.5. The maximum Gasteiger partial charge on any atom is 0.295 e. The first kappa shape index (κ1) is 25.2. The van der Waals surface area contributed by atoms with Crippen molar-refractivity contribution in [2.24, 2.45) is 0 Å². The molecule has 5 rings (SSSR count). The maximum atomic E-state index is 13.7. The van der Waals surface area contributed by atoms with Gasteiger partial charge in [-0.3, -0.25) is 14.9 Å². The van der Waals surface area contributed by atoms with Crippen LogP contribution >= 0.6 is 0 Å². The summed E-state index contributed by atoms with van der Waals surface area (Å²) in [6.07, 6.45) is 0. The Bertz CT molecular complexity index is 1520. The van der Waals surface area contributed by atoms with E-state index in [9.17, 15) is 14.9 Å². The van der Waals surface area contributed by atoms with Crippen LogP contribution in [0.15, 0.2) is 65.5 Å². The molecule has 10 nitrogen and oxygen atoms in total. The van der Waals surface area contributed by atoms with Gasteiger partial charge in [0.1, 0.15) is 17.2 Å². The zero-order valence-electron chi connectivity index (χ0n) is 21.3. The monoisotopic (exact) mass is 516 g/mol. The molecule has 1 aromatic heterocycles. The number of hydrogen-bond acceptors (Lipinski definition) is 8. The molecule has 1 fully saturated rings. The Morgan fingerprint density at radius 3 is 2.24 bits per heavy atom. The first-order valence-electron chi connectivity index (χ1n) is 12.5. The highest BCUT2D eigenvalue weighted by atomic mass is 16.6. The molecule has 0 N–H and O–H groups in total. The van der Waals surface area contributed by atoms with E-state index in [0.29, 0.717) is 73.0 Å². The zero-order valence-corrected chi connectivity index (χ0v) is 21.3. The van der Waals surface area contributed by atoms with Crippen LogP contribution in [0, 0.1) is 10.1 Å². The number of morpholine rings is 1. The van der Waals surface area contributed by atoms with Crippen molar-refractivity contribution in [1.29, 1.82) is 0 Å². The highest BCUT2D eigenvalue weighted by molar-refractivity contribution is 5.94. The zero-order chi connectivity index (χ0) is 26.6. The smallest absolute Gasteiger partial charge is 0.295 e. The predicted octanol–water partition coefficient (Wildman–Crippen LogP) is 4.59. The van der Waals surface area contributed by atoms with Crippen LogP contribution in [0.1, 0.15) is 13.8 Å². The molecule has 0 unspecified atom stereocenters. The van der Waals surface area contributed by atoms with Gasteiger partial charge in [-0.05, 0) is 44.2 Å². The lowest BCUT2D eigenvalue weighted by atomic mass is 10.0. The minimum Gasteiger partial charge on any atom is -0.494 e. The van der Waals surface area contributed by atoms with Gasteiger partial charge in [0.2, 0.25) is 0 Å². The summed E-state index contributed by atoms with van der Waals surface area (Å²) in [5.74, 6) is 1.19. The fraction of sp³-hybridized carbons (Fsp3) is 0.286. The molecule has 1 saturated heterocycles. The highest BCUT2D eigenvalue weighted by Crippen LogP contribution is 2.34. The van der Waals surface area contributed by atoms with E-state index < -0.39 is 10.5 Å². The predicted molar refractivity (Wildman–Crippen MR) is 145 cm³/mol. The van der Waals surface area contributed by atoms with E-state index in [4.69, 9.17) is 19.3 Å². The highest BCUT2D eigenvalue weighted by Gasteiger charge is 2.23. The third-order valence-corrected chi connectivity index (χ3v) is 6.34. The Labute approximate surface area is 219 Å². The van der Waals surface area contributed by atoms with Gasteiger partial charge in [-0.25, -0.2) is 0 Å². The van der Waals surface area contributed by atoms with Crippen LogP contribution in [0.25, 0.3) is 27.7 Å². The van der Waals surface area contributed by atoms with Crippen molar-refractivity contribution in [3.05, 3.63) is 81.1 Å². The van der Waals surface area contributed by atoms with Crippen LogP contribution in [-0.2, 0) is 4.74 Å². The average Bonchev–Trinajstić information content (AvgIpc) is 2.94. The number of hydrogen-bond donors (Lipinski definition) is 0. The molecule has 0 spiro atoms. The Morgan fingerprint density at radius 1 is 0.947 bits per heavy atom. The van der Waals surface area contributed by atoms with Crippen molar-refractivity contribution in [3.63, 3.8) is 0 Å². The van der Waals surface area contributed by atoms with Gasteiger partial charge in [0.05, 0.1) is 42.4 Å². The van der Waals surface area contributed by atoms with Gasteiger partial charge in [0, 0.05) is 41.9 Å². The lowest BCUT2D eigenvalue weighted by Crippen LogP contribution is -2.36. The van der Waals surface area contributed by atoms with Crippen molar-refractivity contribution < 1.29 is 19.1 Å². The van der Waals surface area contributed by atoms with E-state index >= 15 is 0 Å². The number of aromatic nitrogens is 2. The molecule has 0 aliphatic carbocycles. The van der Waals surface area contributed by atoms with Crippen LogP contribution < -0.4 is 19.9 Å². The van der Waals surface area contributed by atoms with Crippen LogP contribution in [0.5, 0.6) is 11.5 Å². The Morgan fingerprint density at radius 2 is 1.61 bits per heavy atom. The van der Waals surface area contributed by atoms with Gasteiger partial charge in [-0.2, -0.15) is 9.78 Å². The SMILES string of the molecule is CCOc1cc(OCC)cc(-c2nn(-c3cc(N4CCOCC4)ccc3[N+](=O)[O-])c(=O)c3ccccc23)c1. The molecule has 0 atom stereocenters. The fourth-order valence-corrected chi connectivity index (χ4v) is 4.63. The fourth-order valence-electron chi connectivity index (χ4n) is 4.63. The first-order chi connectivity index (χ1) is 18.5. The summed E-state index contributed by atoms with van der Waals surface area (Å²) in [7, 11) is 0. The van der Waals surface area contributed by atoms with Crippen LogP contribution in [0.2, 0.25) is 0 Å². The topological polar surface area (TPSA) is 109 Å². The second-order valence-corrected chi connectivity index (χ2v) is 8.70. The van der Waals surface area contributed by atoms with E-state index in [0.717, 1.165) is 10.4 Å². The summed E-state index contributed by atoms with van der Waals surface area (Å²) in [4.78, 5) is 27.3. The number of anilines is 1. The molecule has 0 saturated carbocycles. The van der Waals surface area contributed by atoms with Gasteiger partial charge in [0.15, 0.2) is 0 Å². The largest absolute Gasteiger partial charge is 0.494 e. The molecular formula is C28H28N4O6. The van der Waals surface area contributed by atoms with E-state index in [-0.39, 0.29) is 11.4 Å². The molecule has 4 aromatic rings. The Hall–Kier alpha value is -4.44. The summed E-state index contributed by atoms with van der Waals surface area (Å²) >= 11 is 0. The molecule has 0 amide bonds. The molecule has 0 radical (unpaired) electrons. The molecule has 3 aromatic carbocycles. The minimum absolute atomic E-state index is 0.0991. The molecule has 0 bridgehead atoms. The van der Waals surface area contributed by atoms with Gasteiger partial charge in [0.25, 0.3) is 11.2 Å². The summed E-state index contributed by atoms with van der Waals surface area (Å²) < 4.78 is 18.1. The van der Waals surface area contributed by atoms with Crippen molar-refractivity contribution in [2.75, 3.05) is 44.4 Å². The number of benzene rings is 3. The molecule has 1 aliphatic heterocycles. The number of rotatable bonds is 8. The normalized spacial score (nSPS) is 13.5. The molecular weight excluding hydrogens is 488 g/mol. The number of fused-ring (bicyclic) bond motifs is 1. The average molecular weight is 517 g/mol. The second-order valence-electron chi connectivity index (χ2n) is 8.70. The molecule has 1 aliphatic rings. The Kier molecular flexibility index (Phi) is 7.23. The lowest BCUT2D eigenvalue weighted by molar-refractivity contribution is -0.384. The van der Waals surface area contributed by atoms with Gasteiger partial charge in [-0.1, -0.05) is 18.2 Å². The van der Waals surface area contributed by atoms with Crippen molar-refractivity contribution >= 4 is 22.1 Å². The summed E-state index contributed by atoms with van der Waals surface area (Å²) in [6.45, 7) is 7.11. The van der Waals surface area contributed by atoms with Gasteiger partial charge >= 0.3 is 0 Å². The quantitative estimate of drug-likeness (QED) is 0.247. The maximum absolute atomic E-state index is 13.7. The van der Waals surface area contributed by atoms with Crippen LogP contribution in [-0.4, -0.2) is 54.2 Å².